The van der Waals surface area contributed by atoms with Crippen molar-refractivity contribution in [1.29, 1.82) is 0 Å². The Bertz CT molecular complexity index is 614. The highest BCUT2D eigenvalue weighted by molar-refractivity contribution is 6.32. The maximum atomic E-state index is 10.6. The number of aliphatic hydroxyl groups excluding tert-OH is 1. The molecule has 0 aromatic heterocycles. The van der Waals surface area contributed by atoms with Crippen molar-refractivity contribution < 1.29 is 5.11 Å². The summed E-state index contributed by atoms with van der Waals surface area (Å²) in [6.07, 6.45) is -0.854. The van der Waals surface area contributed by atoms with E-state index in [1.807, 2.05) is 74.4 Å². The van der Waals surface area contributed by atoms with Crippen molar-refractivity contribution in [2.75, 3.05) is 38.0 Å². The molecule has 0 aliphatic heterocycles. The molecule has 0 fully saturated rings. The van der Waals surface area contributed by atoms with Crippen molar-refractivity contribution >= 4 is 34.6 Å². The Kier molecular flexibility index (Phi) is 5.22. The van der Waals surface area contributed by atoms with Gasteiger partial charge in [0.15, 0.2) is 0 Å². The highest BCUT2D eigenvalue weighted by atomic mass is 35.5. The zero-order valence-electron chi connectivity index (χ0n) is 13.1. The highest BCUT2D eigenvalue weighted by Crippen LogP contribution is 2.35. The molecule has 0 amide bonds. The van der Waals surface area contributed by atoms with Crippen molar-refractivity contribution in [2.24, 2.45) is 0 Å². The van der Waals surface area contributed by atoms with Crippen LogP contribution < -0.4 is 9.80 Å². The highest BCUT2D eigenvalue weighted by Gasteiger charge is 2.18. The molecule has 3 nitrogen and oxygen atoms in total. The Balaban J connectivity index is 2.38. The van der Waals surface area contributed by atoms with E-state index < -0.39 is 6.10 Å². The van der Waals surface area contributed by atoms with E-state index in [4.69, 9.17) is 23.2 Å². The van der Waals surface area contributed by atoms with Crippen molar-refractivity contribution in [3.63, 3.8) is 0 Å². The van der Waals surface area contributed by atoms with Crippen LogP contribution in [0.3, 0.4) is 0 Å². The van der Waals surface area contributed by atoms with Gasteiger partial charge < -0.3 is 14.9 Å². The summed E-state index contributed by atoms with van der Waals surface area (Å²) in [6.45, 7) is 0. The largest absolute Gasteiger partial charge is 0.384 e. The quantitative estimate of drug-likeness (QED) is 0.904. The molecular formula is C17H20Cl2N2O. The molecule has 0 saturated carbocycles. The molecule has 2 rings (SSSR count). The van der Waals surface area contributed by atoms with E-state index in [1.54, 1.807) is 0 Å². The number of nitrogens with zero attached hydrogens (tertiary/aromatic N) is 2. The van der Waals surface area contributed by atoms with Crippen molar-refractivity contribution in [3.8, 4) is 0 Å². The van der Waals surface area contributed by atoms with Crippen LogP contribution in [0.1, 0.15) is 17.2 Å². The predicted molar refractivity (Wildman–Crippen MR) is 95.6 cm³/mol. The van der Waals surface area contributed by atoms with E-state index in [1.165, 1.54) is 0 Å². The second kappa shape index (κ2) is 6.78. The van der Waals surface area contributed by atoms with Gasteiger partial charge in [-0.15, -0.1) is 0 Å². The summed E-state index contributed by atoms with van der Waals surface area (Å²) in [5, 5.41) is 11.7. The molecule has 0 aliphatic rings. The molecule has 0 atom stereocenters. The first-order chi connectivity index (χ1) is 10.3. The molecule has 5 heteroatoms. The van der Waals surface area contributed by atoms with E-state index in [2.05, 4.69) is 0 Å². The Labute approximate surface area is 141 Å². The molecule has 1 N–H and O–H groups in total. The Morgan fingerprint density at radius 1 is 0.773 bits per heavy atom. The number of hydrogen-bond donors (Lipinski definition) is 1. The average Bonchev–Trinajstić information content (AvgIpc) is 2.46. The van der Waals surface area contributed by atoms with Crippen LogP contribution in [-0.2, 0) is 0 Å². The molecule has 0 saturated heterocycles. The number of aliphatic hydroxyl groups is 1. The van der Waals surface area contributed by atoms with Gasteiger partial charge in [-0.3, -0.25) is 0 Å². The van der Waals surface area contributed by atoms with Crippen LogP contribution >= 0.6 is 23.2 Å². The van der Waals surface area contributed by atoms with E-state index in [9.17, 15) is 5.11 Å². The first-order valence-corrected chi connectivity index (χ1v) is 7.68. The van der Waals surface area contributed by atoms with Crippen LogP contribution in [0, 0.1) is 0 Å². The van der Waals surface area contributed by atoms with E-state index in [0.717, 1.165) is 11.4 Å². The fourth-order valence-electron chi connectivity index (χ4n) is 2.20. The Hall–Kier alpha value is -1.42. The predicted octanol–water partition coefficient (Wildman–Crippen LogP) is 4.21. The minimum atomic E-state index is -0.854. The molecule has 0 unspecified atom stereocenters. The van der Waals surface area contributed by atoms with Crippen LogP contribution in [-0.4, -0.2) is 33.3 Å². The number of hydrogen-bond acceptors (Lipinski definition) is 3. The minimum absolute atomic E-state index is 0.520. The van der Waals surface area contributed by atoms with Gasteiger partial charge in [-0.25, -0.2) is 0 Å². The summed E-state index contributed by atoms with van der Waals surface area (Å²) in [4.78, 5) is 3.92. The zero-order chi connectivity index (χ0) is 16.4. The Morgan fingerprint density at radius 2 is 1.14 bits per heavy atom. The first-order valence-electron chi connectivity index (χ1n) is 6.93. The zero-order valence-corrected chi connectivity index (χ0v) is 14.7. The SMILES string of the molecule is CN(C)c1ccc(C(O)c2ccc(N(C)C)cc2Cl)c(Cl)c1. The van der Waals surface area contributed by atoms with Gasteiger partial charge in [0.25, 0.3) is 0 Å². The average molecular weight is 339 g/mol. The van der Waals surface area contributed by atoms with Crippen LogP contribution in [0.2, 0.25) is 10.0 Å². The van der Waals surface area contributed by atoms with Gasteiger partial charge in [0.05, 0.1) is 0 Å². The van der Waals surface area contributed by atoms with Crippen molar-refractivity contribution in [2.45, 2.75) is 6.10 Å². The fraction of sp³-hybridized carbons (Fsp3) is 0.294. The topological polar surface area (TPSA) is 26.7 Å². The molecule has 22 heavy (non-hydrogen) atoms. The molecule has 0 radical (unpaired) electrons. The van der Waals surface area contributed by atoms with Gasteiger partial charge in [-0.2, -0.15) is 0 Å². The van der Waals surface area contributed by atoms with Crippen molar-refractivity contribution in [1.82, 2.24) is 0 Å². The summed E-state index contributed by atoms with van der Waals surface area (Å²) >= 11 is 12.6. The number of halogens is 2. The maximum absolute atomic E-state index is 10.6. The molecule has 118 valence electrons. The van der Waals surface area contributed by atoms with Crippen LogP contribution in [0.5, 0.6) is 0 Å². The lowest BCUT2D eigenvalue weighted by molar-refractivity contribution is 0.220. The minimum Gasteiger partial charge on any atom is -0.384 e. The van der Waals surface area contributed by atoms with Crippen LogP contribution in [0.15, 0.2) is 36.4 Å². The summed E-state index contributed by atoms with van der Waals surface area (Å²) in [5.41, 5.74) is 3.25. The molecule has 0 aliphatic carbocycles. The third kappa shape index (κ3) is 3.49. The molecule has 2 aromatic carbocycles. The smallest absolute Gasteiger partial charge is 0.107 e. The van der Waals surface area contributed by atoms with E-state index >= 15 is 0 Å². The summed E-state index contributed by atoms with van der Waals surface area (Å²) in [6, 6.07) is 11.2. The normalized spacial score (nSPS) is 10.9. The second-order valence-corrected chi connectivity index (χ2v) is 6.42. The molecule has 2 aromatic rings. The molecule has 0 spiro atoms. The lowest BCUT2D eigenvalue weighted by Crippen LogP contribution is -2.10. The summed E-state index contributed by atoms with van der Waals surface area (Å²) < 4.78 is 0. The Morgan fingerprint density at radius 3 is 1.41 bits per heavy atom. The third-order valence-electron chi connectivity index (χ3n) is 3.59. The maximum Gasteiger partial charge on any atom is 0.107 e. The lowest BCUT2D eigenvalue weighted by Gasteiger charge is -2.19. The van der Waals surface area contributed by atoms with Gasteiger partial charge >= 0.3 is 0 Å². The standard InChI is InChI=1S/C17H20Cl2N2O/c1-20(2)11-5-7-13(15(18)9-11)17(22)14-8-6-12(21(3)4)10-16(14)19/h5-10,17,22H,1-4H3. The number of anilines is 2. The van der Waals surface area contributed by atoms with Crippen LogP contribution in [0.25, 0.3) is 0 Å². The van der Waals surface area contributed by atoms with Crippen molar-refractivity contribution in [3.05, 3.63) is 57.6 Å². The van der Waals surface area contributed by atoms with Gasteiger partial charge in [-0.1, -0.05) is 35.3 Å². The second-order valence-electron chi connectivity index (χ2n) is 5.60. The third-order valence-corrected chi connectivity index (χ3v) is 4.24. The summed E-state index contributed by atoms with van der Waals surface area (Å²) in [5.74, 6) is 0. The summed E-state index contributed by atoms with van der Waals surface area (Å²) in [7, 11) is 7.77. The fourth-order valence-corrected chi connectivity index (χ4v) is 2.76. The van der Waals surface area contributed by atoms with E-state index in [-0.39, 0.29) is 0 Å². The lowest BCUT2D eigenvalue weighted by atomic mass is 10.0. The van der Waals surface area contributed by atoms with Gasteiger partial charge in [0, 0.05) is 60.7 Å². The molecule has 0 bridgehead atoms. The number of benzene rings is 2. The first kappa shape index (κ1) is 16.9. The number of rotatable bonds is 4. The monoisotopic (exact) mass is 338 g/mol. The van der Waals surface area contributed by atoms with Gasteiger partial charge in [0.1, 0.15) is 6.10 Å². The van der Waals surface area contributed by atoms with Gasteiger partial charge in [0.2, 0.25) is 0 Å². The van der Waals surface area contributed by atoms with E-state index in [0.29, 0.717) is 21.2 Å². The van der Waals surface area contributed by atoms with Gasteiger partial charge in [-0.05, 0) is 24.3 Å². The molecular weight excluding hydrogens is 319 g/mol. The molecule has 0 heterocycles. The van der Waals surface area contributed by atoms with Crippen LogP contribution in [0.4, 0.5) is 11.4 Å².